The maximum Gasteiger partial charge on any atom is 0.00771 e. The second-order valence-corrected chi connectivity index (χ2v) is 1.96. The summed E-state index contributed by atoms with van der Waals surface area (Å²) in [5, 5.41) is 0. The van der Waals surface area contributed by atoms with E-state index >= 15 is 0 Å². The molecule has 0 amide bonds. The van der Waals surface area contributed by atoms with Crippen LogP contribution in [0.4, 0.5) is 0 Å². The van der Waals surface area contributed by atoms with Crippen molar-refractivity contribution in [1.29, 1.82) is 0 Å². The molecule has 0 saturated heterocycles. The Labute approximate surface area is 50.9 Å². The van der Waals surface area contributed by atoms with Crippen molar-refractivity contribution in [2.75, 3.05) is 0 Å². The minimum Gasteiger partial charge on any atom is -0.0841 e. The predicted octanol–water partition coefficient (Wildman–Crippen LogP) is 2.49. The molecule has 0 unspecified atom stereocenters. The molecule has 43 valence electrons. The van der Waals surface area contributed by atoms with E-state index in [4.69, 9.17) is 0 Å². The Morgan fingerprint density at radius 2 is 2.50 bits per heavy atom. The van der Waals surface area contributed by atoms with Gasteiger partial charge < -0.3 is 0 Å². The first kappa shape index (κ1) is 5.61. The zero-order chi connectivity index (χ0) is 5.82. The molecular weight excluding hydrogens is 96.1 g/mol. The van der Waals surface area contributed by atoms with Crippen molar-refractivity contribution in [3.8, 4) is 0 Å². The monoisotopic (exact) mass is 107 g/mol. The molecule has 1 aliphatic rings. The predicted molar refractivity (Wildman–Crippen MR) is 36.4 cm³/mol. The van der Waals surface area contributed by atoms with Gasteiger partial charge in [0.15, 0.2) is 0 Å². The molecule has 0 fully saturated rings. The minimum absolute atomic E-state index is 1.12. The second-order valence-electron chi connectivity index (χ2n) is 1.96. The van der Waals surface area contributed by atoms with E-state index in [9.17, 15) is 0 Å². The summed E-state index contributed by atoms with van der Waals surface area (Å²) in [6.07, 6.45) is 11.0. The van der Waals surface area contributed by atoms with E-state index in [2.05, 4.69) is 31.6 Å². The topological polar surface area (TPSA) is 0 Å². The highest BCUT2D eigenvalue weighted by Gasteiger charge is 1.92. The molecule has 0 heteroatoms. The fourth-order valence-corrected chi connectivity index (χ4v) is 0.820. The van der Waals surface area contributed by atoms with E-state index in [0.29, 0.717) is 0 Å². The van der Waals surface area contributed by atoms with Gasteiger partial charge in [0.05, 0.1) is 0 Å². The maximum absolute atomic E-state index is 2.26. The molecule has 0 atom stereocenters. The summed E-state index contributed by atoms with van der Waals surface area (Å²) in [6.45, 7) is 2.18. The number of hydrogen-bond donors (Lipinski definition) is 0. The maximum atomic E-state index is 2.26. The van der Waals surface area contributed by atoms with Crippen LogP contribution in [0.25, 0.3) is 0 Å². The third-order valence-corrected chi connectivity index (χ3v) is 1.37. The molecule has 0 aliphatic heterocycles. The van der Waals surface area contributed by atoms with Crippen LogP contribution in [0.1, 0.15) is 19.8 Å². The zero-order valence-corrected chi connectivity index (χ0v) is 5.22. The summed E-state index contributed by atoms with van der Waals surface area (Å²) in [5.41, 5.74) is 1.47. The van der Waals surface area contributed by atoms with Crippen LogP contribution < -0.4 is 0 Å². The van der Waals surface area contributed by atoms with Crippen LogP contribution in [0, 0.1) is 6.42 Å². The van der Waals surface area contributed by atoms with Gasteiger partial charge in [-0.15, -0.1) is 0 Å². The van der Waals surface area contributed by atoms with Crippen LogP contribution in [0.2, 0.25) is 0 Å². The van der Waals surface area contributed by atoms with Gasteiger partial charge in [-0.2, -0.15) is 0 Å². The molecule has 0 aromatic rings. The number of rotatable bonds is 1. The Morgan fingerprint density at radius 1 is 1.62 bits per heavy atom. The average Bonchev–Trinajstić information content (AvgIpc) is 1.90. The molecule has 0 aromatic carbocycles. The van der Waals surface area contributed by atoms with E-state index in [1.54, 1.807) is 0 Å². The smallest absolute Gasteiger partial charge is 0.00771 e. The Morgan fingerprint density at radius 3 is 2.88 bits per heavy atom. The molecule has 1 aliphatic carbocycles. The molecule has 0 nitrogen and oxygen atoms in total. The van der Waals surface area contributed by atoms with Gasteiger partial charge >= 0.3 is 0 Å². The van der Waals surface area contributed by atoms with Crippen molar-refractivity contribution < 1.29 is 0 Å². The molecule has 8 heavy (non-hydrogen) atoms. The molecule has 1 rings (SSSR count). The lowest BCUT2D eigenvalue weighted by Gasteiger charge is -2.02. The summed E-state index contributed by atoms with van der Waals surface area (Å²) >= 11 is 0. The molecule has 1 radical (unpaired) electrons. The van der Waals surface area contributed by atoms with Crippen LogP contribution in [-0.4, -0.2) is 0 Å². The quantitative estimate of drug-likeness (QED) is 0.483. The fourth-order valence-electron chi connectivity index (χ4n) is 0.820. The molecule has 0 aromatic heterocycles. The normalized spacial score (nSPS) is 18.4. The summed E-state index contributed by atoms with van der Waals surface area (Å²) < 4.78 is 0. The zero-order valence-electron chi connectivity index (χ0n) is 5.22. The SMILES string of the molecule is CCC1=CCC=C[CH]1. The minimum atomic E-state index is 1.12. The Balaban J connectivity index is 2.43. The van der Waals surface area contributed by atoms with Crippen molar-refractivity contribution in [2.24, 2.45) is 0 Å². The Hall–Kier alpha value is -0.520. The van der Waals surface area contributed by atoms with Crippen molar-refractivity contribution in [2.45, 2.75) is 19.8 Å². The average molecular weight is 107 g/mol. The molecule has 0 spiro atoms. The Bertz CT molecular complexity index is 118. The van der Waals surface area contributed by atoms with E-state index in [0.717, 1.165) is 6.42 Å². The van der Waals surface area contributed by atoms with E-state index < -0.39 is 0 Å². The molecule has 0 saturated carbocycles. The largest absolute Gasteiger partial charge is 0.0841 e. The summed E-state index contributed by atoms with van der Waals surface area (Å²) in [7, 11) is 0. The third kappa shape index (κ3) is 1.22. The van der Waals surface area contributed by atoms with Crippen LogP contribution in [-0.2, 0) is 0 Å². The highest BCUT2D eigenvalue weighted by Crippen LogP contribution is 2.11. The molecule has 0 heterocycles. The van der Waals surface area contributed by atoms with Gasteiger partial charge in [0.2, 0.25) is 0 Å². The Kier molecular flexibility index (Phi) is 1.90. The van der Waals surface area contributed by atoms with E-state index in [1.807, 2.05) is 0 Å². The standard InChI is InChI=1S/C8H11/c1-2-8-6-4-3-5-7-8/h3-4,6-7H,2,5H2,1H3. The lowest BCUT2D eigenvalue weighted by Crippen LogP contribution is -1.83. The highest BCUT2D eigenvalue weighted by molar-refractivity contribution is 5.25. The molecular formula is C8H11. The lowest BCUT2D eigenvalue weighted by molar-refractivity contribution is 1.08. The van der Waals surface area contributed by atoms with Gasteiger partial charge in [-0.25, -0.2) is 0 Å². The summed E-state index contributed by atoms with van der Waals surface area (Å²) in [6, 6.07) is 0. The van der Waals surface area contributed by atoms with Crippen LogP contribution in [0.15, 0.2) is 23.8 Å². The van der Waals surface area contributed by atoms with Crippen LogP contribution in [0.5, 0.6) is 0 Å². The van der Waals surface area contributed by atoms with Gasteiger partial charge in [0.1, 0.15) is 0 Å². The van der Waals surface area contributed by atoms with Gasteiger partial charge in [0.25, 0.3) is 0 Å². The number of allylic oxidation sites excluding steroid dienone is 4. The first-order chi connectivity index (χ1) is 3.93. The van der Waals surface area contributed by atoms with Gasteiger partial charge in [-0.05, 0) is 12.8 Å². The van der Waals surface area contributed by atoms with Crippen molar-refractivity contribution in [3.63, 3.8) is 0 Å². The lowest BCUT2D eigenvalue weighted by atomic mass is 10.0. The van der Waals surface area contributed by atoms with Gasteiger partial charge in [-0.1, -0.05) is 30.7 Å². The first-order valence-electron chi connectivity index (χ1n) is 3.12. The first-order valence-corrected chi connectivity index (χ1v) is 3.12. The fraction of sp³-hybridized carbons (Fsp3) is 0.375. The van der Waals surface area contributed by atoms with Crippen molar-refractivity contribution in [3.05, 3.63) is 30.2 Å². The van der Waals surface area contributed by atoms with E-state index in [-0.39, 0.29) is 0 Å². The highest BCUT2D eigenvalue weighted by atomic mass is 14.0. The summed E-state index contributed by atoms with van der Waals surface area (Å²) in [4.78, 5) is 0. The van der Waals surface area contributed by atoms with Crippen LogP contribution >= 0.6 is 0 Å². The van der Waals surface area contributed by atoms with Crippen LogP contribution in [0.3, 0.4) is 0 Å². The van der Waals surface area contributed by atoms with Gasteiger partial charge in [-0.3, -0.25) is 0 Å². The second kappa shape index (κ2) is 2.71. The van der Waals surface area contributed by atoms with Gasteiger partial charge in [0, 0.05) is 6.42 Å². The van der Waals surface area contributed by atoms with Crippen molar-refractivity contribution >= 4 is 0 Å². The van der Waals surface area contributed by atoms with Crippen molar-refractivity contribution in [1.82, 2.24) is 0 Å². The third-order valence-electron chi connectivity index (χ3n) is 1.37. The molecule has 0 bridgehead atoms. The van der Waals surface area contributed by atoms with E-state index in [1.165, 1.54) is 12.0 Å². The molecule has 0 N–H and O–H groups in total. The summed E-state index contributed by atoms with van der Waals surface area (Å²) in [5.74, 6) is 0. The number of hydrogen-bond acceptors (Lipinski definition) is 0.